The van der Waals surface area contributed by atoms with Gasteiger partial charge < -0.3 is 4.74 Å². The van der Waals surface area contributed by atoms with Gasteiger partial charge in [0.05, 0.1) is 19.3 Å². The predicted molar refractivity (Wildman–Crippen MR) is 109 cm³/mol. The molecule has 0 saturated carbocycles. The maximum absolute atomic E-state index is 14.4. The number of hydrogen-bond acceptors (Lipinski definition) is 3. The molecule has 4 rings (SSSR count). The fraction of sp³-hybridized carbons (Fsp3) is 0.217. The van der Waals surface area contributed by atoms with E-state index in [1.807, 2.05) is 54.6 Å². The standard InChI is InChI=1S/C23H21F2NO3S/c24-20-10-11-22(25)23(13-20)30(27,28)26-14-18-8-4-5-9-19(18)15-29-16-21(26)12-17-6-2-1-3-7-17/h1-11,13,21H,12,14-16H2. The maximum Gasteiger partial charge on any atom is 0.246 e. The third kappa shape index (κ3) is 4.28. The smallest absolute Gasteiger partial charge is 0.246 e. The first kappa shape index (κ1) is 20.7. The Morgan fingerprint density at radius 3 is 2.40 bits per heavy atom. The van der Waals surface area contributed by atoms with E-state index in [1.54, 1.807) is 0 Å². The number of rotatable bonds is 4. The van der Waals surface area contributed by atoms with Crippen molar-refractivity contribution >= 4 is 10.0 Å². The number of ether oxygens (including phenoxy) is 1. The van der Waals surface area contributed by atoms with Gasteiger partial charge in [0, 0.05) is 6.54 Å². The molecule has 3 aromatic rings. The topological polar surface area (TPSA) is 46.6 Å². The average Bonchev–Trinajstić information content (AvgIpc) is 2.73. The molecular formula is C23H21F2NO3S. The van der Waals surface area contributed by atoms with Gasteiger partial charge in [0.2, 0.25) is 10.0 Å². The minimum absolute atomic E-state index is 0.0509. The van der Waals surface area contributed by atoms with Gasteiger partial charge in [-0.25, -0.2) is 17.2 Å². The van der Waals surface area contributed by atoms with Crippen LogP contribution in [0.25, 0.3) is 0 Å². The Balaban J connectivity index is 1.80. The number of benzene rings is 3. The first-order valence-corrected chi connectivity index (χ1v) is 11.0. The minimum Gasteiger partial charge on any atom is -0.375 e. The predicted octanol–water partition coefficient (Wildman–Crippen LogP) is 4.30. The van der Waals surface area contributed by atoms with Crippen LogP contribution in [0.3, 0.4) is 0 Å². The molecular weight excluding hydrogens is 408 g/mol. The van der Waals surface area contributed by atoms with E-state index in [4.69, 9.17) is 4.74 Å². The van der Waals surface area contributed by atoms with Crippen LogP contribution in [0.15, 0.2) is 77.7 Å². The maximum atomic E-state index is 14.4. The Morgan fingerprint density at radius 1 is 0.933 bits per heavy atom. The van der Waals surface area contributed by atoms with Crippen molar-refractivity contribution in [1.82, 2.24) is 4.31 Å². The van der Waals surface area contributed by atoms with Crippen molar-refractivity contribution in [3.8, 4) is 0 Å². The Kier molecular flexibility index (Phi) is 5.94. The van der Waals surface area contributed by atoms with Crippen molar-refractivity contribution in [3.63, 3.8) is 0 Å². The third-order valence-corrected chi connectivity index (χ3v) is 7.13. The quantitative estimate of drug-likeness (QED) is 0.621. The van der Waals surface area contributed by atoms with Crippen molar-refractivity contribution in [2.45, 2.75) is 30.5 Å². The van der Waals surface area contributed by atoms with Gasteiger partial charge in [-0.05, 0) is 41.3 Å². The van der Waals surface area contributed by atoms with Crippen LogP contribution >= 0.6 is 0 Å². The van der Waals surface area contributed by atoms with Crippen molar-refractivity contribution in [2.75, 3.05) is 6.61 Å². The highest BCUT2D eigenvalue weighted by atomic mass is 32.2. The minimum atomic E-state index is -4.33. The Bertz CT molecular complexity index is 1140. The van der Waals surface area contributed by atoms with E-state index < -0.39 is 32.6 Å². The van der Waals surface area contributed by atoms with Crippen LogP contribution in [-0.2, 0) is 34.3 Å². The molecule has 0 aliphatic carbocycles. The van der Waals surface area contributed by atoms with Crippen molar-refractivity contribution in [1.29, 1.82) is 0 Å². The molecule has 1 atom stereocenters. The lowest BCUT2D eigenvalue weighted by Crippen LogP contribution is -2.45. The molecule has 1 heterocycles. The highest BCUT2D eigenvalue weighted by Crippen LogP contribution is 2.28. The largest absolute Gasteiger partial charge is 0.375 e. The van der Waals surface area contributed by atoms with E-state index >= 15 is 0 Å². The van der Waals surface area contributed by atoms with Crippen LogP contribution in [0.5, 0.6) is 0 Å². The molecule has 0 aromatic heterocycles. The van der Waals surface area contributed by atoms with Crippen LogP contribution in [0.4, 0.5) is 8.78 Å². The third-order valence-electron chi connectivity index (χ3n) is 5.21. The molecule has 0 amide bonds. The van der Waals surface area contributed by atoms with Gasteiger partial charge in [0.15, 0.2) is 0 Å². The summed E-state index contributed by atoms with van der Waals surface area (Å²) in [5, 5.41) is 0. The molecule has 0 N–H and O–H groups in total. The van der Waals surface area contributed by atoms with Gasteiger partial charge in [0.25, 0.3) is 0 Å². The fourth-order valence-electron chi connectivity index (χ4n) is 3.67. The number of halogens is 2. The summed E-state index contributed by atoms with van der Waals surface area (Å²) >= 11 is 0. The molecule has 0 spiro atoms. The van der Waals surface area contributed by atoms with E-state index in [9.17, 15) is 17.2 Å². The van der Waals surface area contributed by atoms with Crippen LogP contribution in [0.2, 0.25) is 0 Å². The molecule has 1 aliphatic heterocycles. The van der Waals surface area contributed by atoms with Gasteiger partial charge in [-0.2, -0.15) is 4.31 Å². The zero-order valence-corrected chi connectivity index (χ0v) is 17.0. The Morgan fingerprint density at radius 2 is 1.63 bits per heavy atom. The lowest BCUT2D eigenvalue weighted by atomic mass is 10.0. The molecule has 0 saturated heterocycles. The summed E-state index contributed by atoms with van der Waals surface area (Å²) in [5.41, 5.74) is 2.58. The number of sulfonamides is 1. The normalized spacial score (nSPS) is 17.7. The zero-order chi connectivity index (χ0) is 21.1. The molecule has 3 aromatic carbocycles. The van der Waals surface area contributed by atoms with E-state index in [0.717, 1.165) is 34.9 Å². The molecule has 0 bridgehead atoms. The van der Waals surface area contributed by atoms with Gasteiger partial charge in [-0.15, -0.1) is 0 Å². The van der Waals surface area contributed by atoms with Crippen molar-refractivity contribution in [2.24, 2.45) is 0 Å². The van der Waals surface area contributed by atoms with E-state index in [1.165, 1.54) is 4.31 Å². The summed E-state index contributed by atoms with van der Waals surface area (Å²) in [5.74, 6) is -1.79. The van der Waals surface area contributed by atoms with Crippen LogP contribution in [0, 0.1) is 11.6 Å². The first-order valence-electron chi connectivity index (χ1n) is 9.60. The molecule has 156 valence electrons. The number of fused-ring (bicyclic) bond motifs is 1. The number of hydrogen-bond donors (Lipinski definition) is 0. The SMILES string of the molecule is O=S(=O)(c1cc(F)ccc1F)N1Cc2ccccc2COCC1Cc1ccccc1. The summed E-state index contributed by atoms with van der Waals surface area (Å²) in [6.45, 7) is 0.554. The summed E-state index contributed by atoms with van der Waals surface area (Å²) in [6, 6.07) is 18.7. The fourth-order valence-corrected chi connectivity index (χ4v) is 5.33. The van der Waals surface area contributed by atoms with E-state index in [0.29, 0.717) is 13.0 Å². The second kappa shape index (κ2) is 8.63. The van der Waals surface area contributed by atoms with Crippen molar-refractivity contribution < 1.29 is 21.9 Å². The molecule has 1 unspecified atom stereocenters. The highest BCUT2D eigenvalue weighted by molar-refractivity contribution is 7.89. The van der Waals surface area contributed by atoms with Gasteiger partial charge in [0.1, 0.15) is 16.5 Å². The van der Waals surface area contributed by atoms with Gasteiger partial charge in [-0.1, -0.05) is 54.6 Å². The molecule has 30 heavy (non-hydrogen) atoms. The molecule has 1 aliphatic rings. The number of nitrogens with zero attached hydrogens (tertiary/aromatic N) is 1. The molecule has 4 nitrogen and oxygen atoms in total. The highest BCUT2D eigenvalue weighted by Gasteiger charge is 2.35. The molecule has 0 fully saturated rings. The van der Waals surface area contributed by atoms with Gasteiger partial charge in [-0.3, -0.25) is 0 Å². The molecule has 7 heteroatoms. The summed E-state index contributed by atoms with van der Waals surface area (Å²) in [4.78, 5) is -0.668. The lowest BCUT2D eigenvalue weighted by Gasteiger charge is -2.33. The van der Waals surface area contributed by atoms with Crippen LogP contribution in [0.1, 0.15) is 16.7 Å². The van der Waals surface area contributed by atoms with Gasteiger partial charge >= 0.3 is 0 Å². The molecule has 0 radical (unpaired) electrons. The summed E-state index contributed by atoms with van der Waals surface area (Å²) in [6.07, 6.45) is 0.388. The lowest BCUT2D eigenvalue weighted by molar-refractivity contribution is 0.0673. The van der Waals surface area contributed by atoms with Crippen molar-refractivity contribution in [3.05, 3.63) is 101 Å². The Labute approximate surface area is 174 Å². The van der Waals surface area contributed by atoms with E-state index in [-0.39, 0.29) is 13.2 Å². The monoisotopic (exact) mass is 429 g/mol. The second-order valence-corrected chi connectivity index (χ2v) is 9.11. The Hall–Kier alpha value is -2.61. The average molecular weight is 429 g/mol. The van der Waals surface area contributed by atoms with Crippen LogP contribution in [-0.4, -0.2) is 25.4 Å². The summed E-state index contributed by atoms with van der Waals surface area (Å²) in [7, 11) is -4.33. The second-order valence-electron chi connectivity index (χ2n) is 7.25. The summed E-state index contributed by atoms with van der Waals surface area (Å²) < 4.78 is 62.3. The van der Waals surface area contributed by atoms with E-state index in [2.05, 4.69) is 0 Å². The zero-order valence-electron chi connectivity index (χ0n) is 16.2. The first-order chi connectivity index (χ1) is 14.4. The van der Waals surface area contributed by atoms with Crippen LogP contribution < -0.4 is 0 Å².